The molecule has 21 heavy (non-hydrogen) atoms. The Kier molecular flexibility index (Phi) is 7.34. The first-order valence-electron chi connectivity index (χ1n) is 8.32. The van der Waals surface area contributed by atoms with Crippen LogP contribution in [0.15, 0.2) is 21.2 Å². The molecule has 1 fully saturated rings. The van der Waals surface area contributed by atoms with Crippen LogP contribution in [-0.4, -0.2) is 11.9 Å². The summed E-state index contributed by atoms with van der Waals surface area (Å²) in [7, 11) is 0. The van der Waals surface area contributed by atoms with E-state index in [0.29, 0.717) is 16.5 Å². The third kappa shape index (κ3) is 6.25. The van der Waals surface area contributed by atoms with Gasteiger partial charge in [-0.15, -0.1) is 0 Å². The second kappa shape index (κ2) is 9.29. The van der Waals surface area contributed by atoms with Crippen molar-refractivity contribution < 1.29 is 9.21 Å². The number of carbonyl (C=O) groups is 1. The second-order valence-electron chi connectivity index (χ2n) is 6.03. The number of amides is 1. The molecular formula is C17H26BrNO2. The van der Waals surface area contributed by atoms with Gasteiger partial charge in [-0.3, -0.25) is 4.79 Å². The van der Waals surface area contributed by atoms with Crippen LogP contribution < -0.4 is 5.32 Å². The van der Waals surface area contributed by atoms with Crippen molar-refractivity contribution in [2.75, 3.05) is 0 Å². The molecule has 1 aromatic heterocycles. The van der Waals surface area contributed by atoms with Gasteiger partial charge in [0.05, 0.1) is 0 Å². The lowest BCUT2D eigenvalue weighted by Gasteiger charge is -2.19. The Morgan fingerprint density at radius 3 is 1.95 bits per heavy atom. The molecule has 1 amide bonds. The molecule has 0 atom stereocenters. The van der Waals surface area contributed by atoms with Gasteiger partial charge in [0.15, 0.2) is 10.4 Å². The van der Waals surface area contributed by atoms with Crippen molar-refractivity contribution in [3.63, 3.8) is 0 Å². The number of rotatable bonds is 2. The van der Waals surface area contributed by atoms with Gasteiger partial charge in [0.2, 0.25) is 0 Å². The zero-order valence-corrected chi connectivity index (χ0v) is 14.3. The fourth-order valence-electron chi connectivity index (χ4n) is 3.00. The first kappa shape index (κ1) is 16.6. The van der Waals surface area contributed by atoms with E-state index in [1.165, 1.54) is 57.8 Å². The molecule has 0 aromatic carbocycles. The number of carbonyl (C=O) groups excluding carboxylic acids is 1. The summed E-state index contributed by atoms with van der Waals surface area (Å²) in [6.45, 7) is 0. The van der Waals surface area contributed by atoms with Crippen molar-refractivity contribution in [1.82, 2.24) is 5.32 Å². The van der Waals surface area contributed by atoms with Crippen molar-refractivity contribution in [2.24, 2.45) is 0 Å². The van der Waals surface area contributed by atoms with Gasteiger partial charge in [-0.25, -0.2) is 0 Å². The van der Waals surface area contributed by atoms with Crippen LogP contribution in [0.25, 0.3) is 0 Å². The smallest absolute Gasteiger partial charge is 0.287 e. The quantitative estimate of drug-likeness (QED) is 0.766. The highest BCUT2D eigenvalue weighted by Crippen LogP contribution is 2.18. The standard InChI is InChI=1S/C17H26BrNO2/c18-16-13-12-15(21-16)17(20)19-14-10-8-6-4-2-1-3-5-7-9-11-14/h12-14H,1-11H2,(H,19,20). The van der Waals surface area contributed by atoms with Gasteiger partial charge in [-0.2, -0.15) is 0 Å². The fourth-order valence-corrected chi connectivity index (χ4v) is 3.31. The lowest BCUT2D eigenvalue weighted by atomic mass is 9.98. The van der Waals surface area contributed by atoms with Gasteiger partial charge < -0.3 is 9.73 Å². The van der Waals surface area contributed by atoms with Crippen molar-refractivity contribution >= 4 is 21.8 Å². The number of halogens is 1. The lowest BCUT2D eigenvalue weighted by Crippen LogP contribution is -2.34. The zero-order valence-electron chi connectivity index (χ0n) is 12.7. The first-order valence-corrected chi connectivity index (χ1v) is 9.11. The molecule has 0 bridgehead atoms. The topological polar surface area (TPSA) is 42.2 Å². The van der Waals surface area contributed by atoms with Crippen molar-refractivity contribution in [1.29, 1.82) is 0 Å². The highest BCUT2D eigenvalue weighted by molar-refractivity contribution is 9.10. The van der Waals surface area contributed by atoms with Gasteiger partial charge in [-0.05, 0) is 40.9 Å². The molecular weight excluding hydrogens is 330 g/mol. The van der Waals surface area contributed by atoms with Gasteiger partial charge in [-0.1, -0.05) is 57.8 Å². The average Bonchev–Trinajstić information content (AvgIpc) is 2.88. The summed E-state index contributed by atoms with van der Waals surface area (Å²) in [5.74, 6) is 0.311. The molecule has 0 unspecified atom stereocenters. The van der Waals surface area contributed by atoms with Crippen LogP contribution in [0.1, 0.15) is 81.2 Å². The largest absolute Gasteiger partial charge is 0.444 e. The summed E-state index contributed by atoms with van der Waals surface area (Å²) >= 11 is 3.24. The summed E-state index contributed by atoms with van der Waals surface area (Å²) in [6.07, 6.45) is 14.0. The Balaban J connectivity index is 1.83. The maximum Gasteiger partial charge on any atom is 0.287 e. The van der Waals surface area contributed by atoms with Crippen molar-refractivity contribution in [3.8, 4) is 0 Å². The molecule has 1 aliphatic carbocycles. The first-order chi connectivity index (χ1) is 10.3. The number of hydrogen-bond acceptors (Lipinski definition) is 2. The number of nitrogens with one attached hydrogen (secondary N) is 1. The molecule has 0 radical (unpaired) electrons. The summed E-state index contributed by atoms with van der Waals surface area (Å²) in [5.41, 5.74) is 0. The van der Waals surface area contributed by atoms with Crippen LogP contribution in [0.3, 0.4) is 0 Å². The average molecular weight is 356 g/mol. The summed E-state index contributed by atoms with van der Waals surface area (Å²) in [4.78, 5) is 12.2. The van der Waals surface area contributed by atoms with Gasteiger partial charge in [0, 0.05) is 6.04 Å². The Morgan fingerprint density at radius 1 is 0.952 bits per heavy atom. The molecule has 4 heteroatoms. The third-order valence-electron chi connectivity index (χ3n) is 4.24. The minimum absolute atomic E-state index is 0.0854. The van der Waals surface area contributed by atoms with E-state index in [2.05, 4.69) is 21.2 Å². The third-order valence-corrected chi connectivity index (χ3v) is 4.66. The molecule has 1 N–H and O–H groups in total. The molecule has 2 rings (SSSR count). The summed E-state index contributed by atoms with van der Waals surface area (Å²) < 4.78 is 5.93. The van der Waals surface area contributed by atoms with E-state index in [1.54, 1.807) is 12.1 Å². The molecule has 118 valence electrons. The highest BCUT2D eigenvalue weighted by atomic mass is 79.9. The number of furan rings is 1. The minimum Gasteiger partial charge on any atom is -0.444 e. The molecule has 0 spiro atoms. The van der Waals surface area contributed by atoms with Gasteiger partial charge >= 0.3 is 0 Å². The zero-order chi connectivity index (χ0) is 14.9. The molecule has 3 nitrogen and oxygen atoms in total. The van der Waals surface area contributed by atoms with Crippen molar-refractivity contribution in [3.05, 3.63) is 22.6 Å². The van der Waals surface area contributed by atoms with Gasteiger partial charge in [0.25, 0.3) is 5.91 Å². The molecule has 1 saturated carbocycles. The molecule has 1 heterocycles. The normalized spacial score (nSPS) is 19.5. The van der Waals surface area contributed by atoms with E-state index < -0.39 is 0 Å². The SMILES string of the molecule is O=C(NC1CCCCCCCCCCC1)c1ccc(Br)o1. The van der Waals surface area contributed by atoms with E-state index in [1.807, 2.05) is 0 Å². The fraction of sp³-hybridized carbons (Fsp3) is 0.706. The van der Waals surface area contributed by atoms with E-state index in [-0.39, 0.29) is 5.91 Å². The number of hydrogen-bond donors (Lipinski definition) is 1. The van der Waals surface area contributed by atoms with Crippen LogP contribution in [-0.2, 0) is 0 Å². The Bertz CT molecular complexity index is 418. The van der Waals surface area contributed by atoms with Crippen LogP contribution in [0.5, 0.6) is 0 Å². The van der Waals surface area contributed by atoms with Crippen LogP contribution in [0, 0.1) is 0 Å². The van der Waals surface area contributed by atoms with Crippen LogP contribution >= 0.6 is 15.9 Å². The second-order valence-corrected chi connectivity index (χ2v) is 6.82. The predicted octanol–water partition coefficient (Wildman–Crippen LogP) is 5.45. The van der Waals surface area contributed by atoms with Crippen LogP contribution in [0.2, 0.25) is 0 Å². The van der Waals surface area contributed by atoms with E-state index >= 15 is 0 Å². The Hall–Kier alpha value is -0.770. The maximum atomic E-state index is 12.2. The summed E-state index contributed by atoms with van der Waals surface area (Å²) in [5, 5.41) is 3.15. The summed E-state index contributed by atoms with van der Waals surface area (Å²) in [6, 6.07) is 3.77. The highest BCUT2D eigenvalue weighted by Gasteiger charge is 2.16. The molecule has 1 aliphatic rings. The Labute approximate surface area is 136 Å². The van der Waals surface area contributed by atoms with E-state index in [9.17, 15) is 4.79 Å². The van der Waals surface area contributed by atoms with Crippen molar-refractivity contribution in [2.45, 2.75) is 76.7 Å². The van der Waals surface area contributed by atoms with E-state index in [4.69, 9.17) is 4.42 Å². The Morgan fingerprint density at radius 2 is 1.48 bits per heavy atom. The van der Waals surface area contributed by atoms with Gasteiger partial charge in [0.1, 0.15) is 0 Å². The molecule has 1 aromatic rings. The van der Waals surface area contributed by atoms with Crippen LogP contribution in [0.4, 0.5) is 0 Å². The molecule has 0 saturated heterocycles. The molecule has 0 aliphatic heterocycles. The lowest BCUT2D eigenvalue weighted by molar-refractivity contribution is 0.0902. The predicted molar refractivity (Wildman–Crippen MR) is 88.4 cm³/mol. The minimum atomic E-state index is -0.0854. The maximum absolute atomic E-state index is 12.2. The van der Waals surface area contributed by atoms with E-state index in [0.717, 1.165) is 12.8 Å². The monoisotopic (exact) mass is 355 g/mol.